The summed E-state index contributed by atoms with van der Waals surface area (Å²) in [5, 5.41) is 19.8. The maximum atomic E-state index is 12.2. The van der Waals surface area contributed by atoms with Gasteiger partial charge in [0.2, 0.25) is 5.91 Å². The van der Waals surface area contributed by atoms with E-state index in [-0.39, 0.29) is 6.54 Å². The van der Waals surface area contributed by atoms with Gasteiger partial charge < -0.3 is 19.8 Å². The van der Waals surface area contributed by atoms with Crippen molar-refractivity contribution in [3.8, 4) is 0 Å². The second-order valence-corrected chi connectivity index (χ2v) is 7.32. The number of aliphatic hydroxyl groups is 2. The van der Waals surface area contributed by atoms with Crippen molar-refractivity contribution in [2.45, 2.75) is 84.2 Å². The number of carbonyl (C=O) groups excluding carboxylic acids is 2. The number of nitrogens with zero attached hydrogens (tertiary/aromatic N) is 1. The van der Waals surface area contributed by atoms with Crippen molar-refractivity contribution in [1.82, 2.24) is 4.90 Å². The van der Waals surface area contributed by atoms with E-state index >= 15 is 0 Å². The van der Waals surface area contributed by atoms with Crippen LogP contribution in [0.4, 0.5) is 0 Å². The van der Waals surface area contributed by atoms with Crippen LogP contribution in [0.3, 0.4) is 0 Å². The molecule has 1 heterocycles. The van der Waals surface area contributed by atoms with E-state index in [4.69, 9.17) is 4.74 Å². The van der Waals surface area contributed by atoms with Crippen molar-refractivity contribution in [3.63, 3.8) is 0 Å². The van der Waals surface area contributed by atoms with E-state index in [0.717, 1.165) is 11.3 Å². The zero-order valence-electron chi connectivity index (χ0n) is 16.8. The Morgan fingerprint density at radius 1 is 1.15 bits per heavy atom. The van der Waals surface area contributed by atoms with Gasteiger partial charge in [-0.1, -0.05) is 70.6 Å². The maximum Gasteiger partial charge on any atom is 0.303 e. The minimum Gasteiger partial charge on any atom is -0.458 e. The molecule has 0 radical (unpaired) electrons. The number of unbranched alkanes of at least 4 members (excludes halogenated alkanes) is 5. The topological polar surface area (TPSA) is 87.1 Å². The number of ether oxygens (including phenoxy) is 1. The minimum absolute atomic E-state index is 0.0246. The third-order valence-corrected chi connectivity index (χ3v) is 4.79. The average molecular weight is 382 g/mol. The fourth-order valence-corrected chi connectivity index (χ4v) is 3.16. The highest BCUT2D eigenvalue weighted by atomic mass is 16.6. The van der Waals surface area contributed by atoms with E-state index in [2.05, 4.69) is 19.9 Å². The molecule has 0 aromatic rings. The monoisotopic (exact) mass is 381 g/mol. The predicted molar refractivity (Wildman–Crippen MR) is 105 cm³/mol. The molecule has 1 fully saturated rings. The molecule has 4 atom stereocenters. The van der Waals surface area contributed by atoms with Gasteiger partial charge in [-0.25, -0.2) is 0 Å². The molecule has 0 aromatic heterocycles. The number of aliphatic hydroxyl groups excluding tert-OH is 2. The van der Waals surface area contributed by atoms with Crippen molar-refractivity contribution >= 4 is 11.9 Å². The van der Waals surface area contributed by atoms with Crippen molar-refractivity contribution in [2.24, 2.45) is 5.92 Å². The Balaban J connectivity index is 2.34. The molecule has 1 amide bonds. The molecule has 27 heavy (non-hydrogen) atoms. The molecule has 0 spiro atoms. The van der Waals surface area contributed by atoms with Crippen LogP contribution in [0.25, 0.3) is 0 Å². The summed E-state index contributed by atoms with van der Waals surface area (Å²) in [6.45, 7) is 5.57. The van der Waals surface area contributed by atoms with Gasteiger partial charge in [0.1, 0.15) is 12.2 Å². The third-order valence-electron chi connectivity index (χ3n) is 4.79. The first-order valence-electron chi connectivity index (χ1n) is 10.1. The lowest BCUT2D eigenvalue weighted by Gasteiger charge is -2.18. The molecule has 6 heteroatoms. The SMILES string of the molecule is CCCCCCCCC(C)/C=C\C=C\C(=O)N1CC(OC(C)=O)C(O)C1O. The predicted octanol–water partition coefficient (Wildman–Crippen LogP) is 2.94. The van der Waals surface area contributed by atoms with E-state index in [0.29, 0.717) is 5.92 Å². The number of allylic oxidation sites excluding steroid dienone is 3. The Kier molecular flexibility index (Phi) is 11.0. The second-order valence-electron chi connectivity index (χ2n) is 7.32. The van der Waals surface area contributed by atoms with Crippen LogP contribution in [-0.4, -0.2) is 52.0 Å². The molecule has 0 aliphatic carbocycles. The molecular formula is C21H35NO5. The fraction of sp³-hybridized carbons (Fsp3) is 0.714. The second kappa shape index (κ2) is 12.7. The summed E-state index contributed by atoms with van der Waals surface area (Å²) >= 11 is 0. The fourth-order valence-electron chi connectivity index (χ4n) is 3.16. The molecule has 1 aliphatic rings. The molecule has 0 saturated carbocycles. The zero-order valence-corrected chi connectivity index (χ0v) is 16.8. The van der Waals surface area contributed by atoms with Gasteiger partial charge in [0.15, 0.2) is 6.23 Å². The Labute approximate surface area is 162 Å². The van der Waals surface area contributed by atoms with E-state index in [1.165, 1.54) is 51.5 Å². The van der Waals surface area contributed by atoms with Crippen LogP contribution >= 0.6 is 0 Å². The summed E-state index contributed by atoms with van der Waals surface area (Å²) in [7, 11) is 0. The number of carbonyl (C=O) groups is 2. The first kappa shape index (κ1) is 23.4. The highest BCUT2D eigenvalue weighted by Crippen LogP contribution is 2.20. The molecule has 0 aromatic carbocycles. The standard InChI is InChI=1S/C21H35NO5/c1-4-5-6-7-8-9-12-16(2)13-10-11-14-19(24)22-15-18(27-17(3)23)20(25)21(22)26/h10-11,13-14,16,18,20-21,25-26H,4-9,12,15H2,1-3H3/b13-10-,14-11+. The molecule has 154 valence electrons. The van der Waals surface area contributed by atoms with E-state index in [9.17, 15) is 19.8 Å². The molecule has 1 rings (SSSR count). The maximum absolute atomic E-state index is 12.2. The van der Waals surface area contributed by atoms with E-state index in [1.54, 1.807) is 6.08 Å². The number of esters is 1. The highest BCUT2D eigenvalue weighted by Gasteiger charge is 2.43. The summed E-state index contributed by atoms with van der Waals surface area (Å²) in [6, 6.07) is 0. The summed E-state index contributed by atoms with van der Waals surface area (Å²) in [5.74, 6) is -0.536. The van der Waals surface area contributed by atoms with E-state index < -0.39 is 30.3 Å². The van der Waals surface area contributed by atoms with Crippen LogP contribution in [-0.2, 0) is 14.3 Å². The summed E-state index contributed by atoms with van der Waals surface area (Å²) in [4.78, 5) is 24.3. The molecule has 4 unspecified atom stereocenters. The van der Waals surface area contributed by atoms with Crippen molar-refractivity contribution in [2.75, 3.05) is 6.54 Å². The summed E-state index contributed by atoms with van der Waals surface area (Å²) < 4.78 is 4.92. The Hall–Kier alpha value is -1.66. The lowest BCUT2D eigenvalue weighted by atomic mass is 10.0. The first-order chi connectivity index (χ1) is 12.9. The summed E-state index contributed by atoms with van der Waals surface area (Å²) in [5.41, 5.74) is 0. The van der Waals surface area contributed by atoms with Crippen LogP contribution in [0, 0.1) is 5.92 Å². The van der Waals surface area contributed by atoms with Gasteiger partial charge >= 0.3 is 5.97 Å². The zero-order chi connectivity index (χ0) is 20.2. The van der Waals surface area contributed by atoms with Crippen molar-refractivity contribution in [3.05, 3.63) is 24.3 Å². The molecule has 2 N–H and O–H groups in total. The van der Waals surface area contributed by atoms with Gasteiger partial charge in [0.25, 0.3) is 0 Å². The van der Waals surface area contributed by atoms with Gasteiger partial charge in [-0.15, -0.1) is 0 Å². The van der Waals surface area contributed by atoms with Crippen LogP contribution < -0.4 is 0 Å². The number of hydrogen-bond acceptors (Lipinski definition) is 5. The first-order valence-corrected chi connectivity index (χ1v) is 10.1. The van der Waals surface area contributed by atoms with Gasteiger partial charge in [0, 0.05) is 13.0 Å². The molecule has 1 saturated heterocycles. The number of rotatable bonds is 11. The summed E-state index contributed by atoms with van der Waals surface area (Å²) in [6.07, 6.45) is 12.1. The number of likely N-dealkylation sites (tertiary alicyclic amines) is 1. The number of amides is 1. The molecule has 0 bridgehead atoms. The molecular weight excluding hydrogens is 346 g/mol. The lowest BCUT2D eigenvalue weighted by Crippen LogP contribution is -2.38. The normalized spacial score (nSPS) is 24.0. The van der Waals surface area contributed by atoms with Crippen LogP contribution in [0.5, 0.6) is 0 Å². The largest absolute Gasteiger partial charge is 0.458 e. The quantitative estimate of drug-likeness (QED) is 0.249. The Morgan fingerprint density at radius 3 is 2.48 bits per heavy atom. The smallest absolute Gasteiger partial charge is 0.303 e. The van der Waals surface area contributed by atoms with Crippen LogP contribution in [0.15, 0.2) is 24.3 Å². The van der Waals surface area contributed by atoms with Crippen LogP contribution in [0.2, 0.25) is 0 Å². The van der Waals surface area contributed by atoms with Crippen molar-refractivity contribution in [1.29, 1.82) is 0 Å². The van der Waals surface area contributed by atoms with Gasteiger partial charge in [0.05, 0.1) is 6.54 Å². The van der Waals surface area contributed by atoms with Crippen LogP contribution in [0.1, 0.15) is 65.7 Å². The van der Waals surface area contributed by atoms with E-state index in [1.807, 2.05) is 6.08 Å². The highest BCUT2D eigenvalue weighted by molar-refractivity contribution is 5.88. The average Bonchev–Trinajstić information content (AvgIpc) is 2.89. The number of hydrogen-bond donors (Lipinski definition) is 2. The van der Waals surface area contributed by atoms with Gasteiger partial charge in [-0.3, -0.25) is 9.59 Å². The van der Waals surface area contributed by atoms with Gasteiger partial charge in [-0.2, -0.15) is 0 Å². The van der Waals surface area contributed by atoms with Gasteiger partial charge in [-0.05, 0) is 12.3 Å². The molecule has 1 aliphatic heterocycles. The Morgan fingerprint density at radius 2 is 1.81 bits per heavy atom. The van der Waals surface area contributed by atoms with Crippen molar-refractivity contribution < 1.29 is 24.5 Å². The minimum atomic E-state index is -1.37. The Bertz CT molecular complexity index is 517. The lowest BCUT2D eigenvalue weighted by molar-refractivity contribution is -0.151. The third kappa shape index (κ3) is 8.71. The molecule has 6 nitrogen and oxygen atoms in total.